The largest absolute Gasteiger partial charge is 0.453 e. The molecule has 0 aliphatic heterocycles. The van der Waals surface area contributed by atoms with Crippen molar-refractivity contribution in [3.8, 4) is 22.9 Å². The molecule has 7 heteroatoms. The highest BCUT2D eigenvalue weighted by Gasteiger charge is 2.29. The van der Waals surface area contributed by atoms with Gasteiger partial charge >= 0.3 is 5.97 Å². The number of carbonyl (C=O) groups excluding carboxylic acids is 2. The summed E-state index contributed by atoms with van der Waals surface area (Å²) in [6, 6.07) is 23.8. The molecule has 7 nitrogen and oxygen atoms in total. The number of amides is 1. The number of fused-ring (bicyclic) bond motifs is 1. The van der Waals surface area contributed by atoms with Crippen LogP contribution in [0.5, 0.6) is 5.75 Å². The third kappa shape index (κ3) is 4.97. The Balaban J connectivity index is 1.32. The van der Waals surface area contributed by atoms with Crippen LogP contribution in [-0.4, -0.2) is 17.6 Å². The van der Waals surface area contributed by atoms with Gasteiger partial charge in [-0.25, -0.2) is 10.2 Å². The smallest absolute Gasteiger partial charge is 0.379 e. The Hall–Kier alpha value is -4.96. The molecule has 5 rings (SSSR count). The number of nitrogens with one attached hydrogen (secondary N) is 1. The monoisotopic (exact) mass is 503 g/mol. The molecule has 0 unspecified atom stereocenters. The molecule has 4 aromatic rings. The van der Waals surface area contributed by atoms with Crippen molar-refractivity contribution in [2.24, 2.45) is 5.10 Å². The molecule has 3 aromatic carbocycles. The molecule has 0 spiro atoms. The molecule has 0 bridgehead atoms. The van der Waals surface area contributed by atoms with Crippen LogP contribution in [0.1, 0.15) is 61.8 Å². The number of nitriles is 1. The number of benzene rings is 3. The van der Waals surface area contributed by atoms with Crippen molar-refractivity contribution in [3.63, 3.8) is 0 Å². The zero-order valence-corrected chi connectivity index (χ0v) is 21.1. The normalized spacial score (nSPS) is 13.4. The number of nitrogens with zero attached hydrogens (tertiary/aromatic N) is 2. The van der Waals surface area contributed by atoms with Crippen molar-refractivity contribution >= 4 is 17.6 Å². The minimum Gasteiger partial charge on any atom is -0.453 e. The van der Waals surface area contributed by atoms with Gasteiger partial charge in [-0.15, -0.1) is 0 Å². The molecule has 0 atom stereocenters. The Morgan fingerprint density at radius 3 is 2.32 bits per heavy atom. The molecule has 1 amide bonds. The number of carbonyl (C=O) groups is 2. The predicted molar refractivity (Wildman–Crippen MR) is 143 cm³/mol. The Bertz CT molecular complexity index is 1590. The van der Waals surface area contributed by atoms with Gasteiger partial charge in [0.1, 0.15) is 11.5 Å². The molecule has 1 heterocycles. The van der Waals surface area contributed by atoms with Crippen LogP contribution < -0.4 is 10.2 Å². The molecule has 1 aliphatic rings. The second-order valence-electron chi connectivity index (χ2n) is 9.13. The van der Waals surface area contributed by atoms with Crippen molar-refractivity contribution in [3.05, 3.63) is 112 Å². The first kappa shape index (κ1) is 24.7. The molecule has 0 saturated heterocycles. The minimum absolute atomic E-state index is 0.131. The summed E-state index contributed by atoms with van der Waals surface area (Å²) in [4.78, 5) is 25.7. The number of ether oxygens (including phenoxy) is 1. The summed E-state index contributed by atoms with van der Waals surface area (Å²) in [5.74, 6) is 0.312. The Morgan fingerprint density at radius 2 is 1.63 bits per heavy atom. The summed E-state index contributed by atoms with van der Waals surface area (Å²) in [7, 11) is 0. The van der Waals surface area contributed by atoms with Crippen molar-refractivity contribution in [1.29, 1.82) is 5.26 Å². The van der Waals surface area contributed by atoms with Gasteiger partial charge in [-0.2, -0.15) is 10.4 Å². The van der Waals surface area contributed by atoms with E-state index >= 15 is 0 Å². The standard InChI is InChI=1S/C31H25N3O4/c1-19-6-3-4-7-25(19)30(35)34-33-26-8-5-9-27-28(26)20(2)29(38-27)31(36)37-24-16-14-23(15-17-24)22-12-10-21(18-32)11-13-22/h3-4,6-7,10-17H,5,8-9H2,1-2H3,(H,34,35)/b33-26+. The van der Waals surface area contributed by atoms with Gasteiger partial charge in [-0.05, 0) is 73.7 Å². The number of furan rings is 1. The Kier molecular flexibility index (Phi) is 6.88. The molecular formula is C31H25N3O4. The van der Waals surface area contributed by atoms with Crippen LogP contribution in [0.4, 0.5) is 0 Å². The van der Waals surface area contributed by atoms with Crippen molar-refractivity contribution in [2.45, 2.75) is 33.1 Å². The molecule has 1 aromatic heterocycles. The Morgan fingerprint density at radius 1 is 0.947 bits per heavy atom. The molecule has 0 saturated carbocycles. The van der Waals surface area contributed by atoms with E-state index in [4.69, 9.17) is 14.4 Å². The van der Waals surface area contributed by atoms with Crippen molar-refractivity contribution in [2.75, 3.05) is 0 Å². The minimum atomic E-state index is -0.591. The Labute approximate surface area is 220 Å². The number of rotatable bonds is 5. The number of hydrogen-bond donors (Lipinski definition) is 1. The van der Waals surface area contributed by atoms with E-state index in [-0.39, 0.29) is 11.7 Å². The lowest BCUT2D eigenvalue weighted by atomic mass is 9.93. The van der Waals surface area contributed by atoms with Gasteiger partial charge in [0.15, 0.2) is 0 Å². The van der Waals surface area contributed by atoms with Crippen molar-refractivity contribution < 1.29 is 18.7 Å². The summed E-state index contributed by atoms with van der Waals surface area (Å²) in [5.41, 5.74) is 8.65. The third-order valence-corrected chi connectivity index (χ3v) is 6.61. The highest BCUT2D eigenvalue weighted by Crippen LogP contribution is 2.31. The quantitative estimate of drug-likeness (QED) is 0.201. The highest BCUT2D eigenvalue weighted by molar-refractivity contribution is 6.07. The fraction of sp³-hybridized carbons (Fsp3) is 0.161. The van der Waals surface area contributed by atoms with E-state index in [2.05, 4.69) is 16.6 Å². The molecule has 0 radical (unpaired) electrons. The number of aryl methyl sites for hydroxylation is 2. The maximum atomic E-state index is 13.0. The maximum absolute atomic E-state index is 13.0. The van der Waals surface area contributed by atoms with Crippen LogP contribution in [0.25, 0.3) is 11.1 Å². The topological polar surface area (TPSA) is 105 Å². The highest BCUT2D eigenvalue weighted by atomic mass is 16.5. The van der Waals surface area contributed by atoms with Crippen LogP contribution >= 0.6 is 0 Å². The summed E-state index contributed by atoms with van der Waals surface area (Å²) in [6.45, 7) is 3.68. The van der Waals surface area contributed by atoms with Gasteiger partial charge in [-0.1, -0.05) is 42.5 Å². The fourth-order valence-corrected chi connectivity index (χ4v) is 4.59. The van der Waals surface area contributed by atoms with E-state index in [1.165, 1.54) is 0 Å². The van der Waals surface area contributed by atoms with E-state index in [0.717, 1.165) is 28.7 Å². The molecule has 0 fully saturated rings. The lowest BCUT2D eigenvalue weighted by Gasteiger charge is -2.13. The van der Waals surface area contributed by atoms with Gasteiger partial charge in [0.05, 0.1) is 17.3 Å². The number of hydrazone groups is 1. The molecule has 1 N–H and O–H groups in total. The van der Waals surface area contributed by atoms with Crippen LogP contribution in [-0.2, 0) is 6.42 Å². The lowest BCUT2D eigenvalue weighted by molar-refractivity contribution is 0.0698. The number of hydrogen-bond acceptors (Lipinski definition) is 6. The third-order valence-electron chi connectivity index (χ3n) is 6.61. The molecule has 188 valence electrons. The summed E-state index contributed by atoms with van der Waals surface area (Å²) < 4.78 is 11.5. The predicted octanol–water partition coefficient (Wildman–Crippen LogP) is 6.12. The van der Waals surface area contributed by atoms with E-state index in [1.807, 2.05) is 49.4 Å². The van der Waals surface area contributed by atoms with Crippen LogP contribution in [0.2, 0.25) is 0 Å². The molecular weight excluding hydrogens is 478 g/mol. The van der Waals surface area contributed by atoms with Gasteiger partial charge in [0.2, 0.25) is 5.76 Å². The van der Waals surface area contributed by atoms with Gasteiger partial charge < -0.3 is 9.15 Å². The summed E-state index contributed by atoms with van der Waals surface area (Å²) >= 11 is 0. The zero-order chi connectivity index (χ0) is 26.6. The first-order chi connectivity index (χ1) is 18.4. The van der Waals surface area contributed by atoms with Crippen LogP contribution in [0.3, 0.4) is 0 Å². The molecule has 1 aliphatic carbocycles. The van der Waals surface area contributed by atoms with Crippen LogP contribution in [0, 0.1) is 25.2 Å². The zero-order valence-electron chi connectivity index (χ0n) is 21.1. The molecule has 38 heavy (non-hydrogen) atoms. The average molecular weight is 504 g/mol. The average Bonchev–Trinajstić information content (AvgIpc) is 3.29. The lowest BCUT2D eigenvalue weighted by Crippen LogP contribution is -2.22. The summed E-state index contributed by atoms with van der Waals surface area (Å²) in [5, 5.41) is 13.4. The van der Waals surface area contributed by atoms with Gasteiger partial charge in [0.25, 0.3) is 5.91 Å². The van der Waals surface area contributed by atoms with E-state index < -0.39 is 5.97 Å². The second kappa shape index (κ2) is 10.6. The first-order valence-corrected chi connectivity index (χ1v) is 12.3. The van der Waals surface area contributed by atoms with E-state index in [9.17, 15) is 9.59 Å². The van der Waals surface area contributed by atoms with Crippen molar-refractivity contribution in [1.82, 2.24) is 5.43 Å². The maximum Gasteiger partial charge on any atom is 0.379 e. The van der Waals surface area contributed by atoms with E-state index in [1.54, 1.807) is 37.3 Å². The second-order valence-corrected chi connectivity index (χ2v) is 9.13. The van der Waals surface area contributed by atoms with E-state index in [0.29, 0.717) is 46.8 Å². The number of esters is 1. The first-order valence-electron chi connectivity index (χ1n) is 12.3. The SMILES string of the molecule is Cc1ccccc1C(=O)N/N=C1\CCCc2oc(C(=O)Oc3ccc(-c4ccc(C#N)cc4)cc3)c(C)c21. The summed E-state index contributed by atoms with van der Waals surface area (Å²) in [6.07, 6.45) is 2.13. The van der Waals surface area contributed by atoms with Gasteiger partial charge in [0, 0.05) is 23.1 Å². The van der Waals surface area contributed by atoms with Gasteiger partial charge in [-0.3, -0.25) is 4.79 Å². The fourth-order valence-electron chi connectivity index (χ4n) is 4.59. The van der Waals surface area contributed by atoms with Crippen LogP contribution in [0.15, 0.2) is 82.3 Å².